The molecule has 1 aliphatic heterocycles. The number of rotatable bonds is 7. The molecule has 2 aromatic rings. The summed E-state index contributed by atoms with van der Waals surface area (Å²) in [5.74, 6) is 0.758. The van der Waals surface area contributed by atoms with Gasteiger partial charge in [-0.1, -0.05) is 24.3 Å². The second-order valence-corrected chi connectivity index (χ2v) is 6.80. The van der Waals surface area contributed by atoms with E-state index >= 15 is 0 Å². The predicted octanol–water partition coefficient (Wildman–Crippen LogP) is 2.45. The smallest absolute Gasteiger partial charge is 0.223 e. The van der Waals surface area contributed by atoms with Crippen LogP contribution in [0.2, 0.25) is 0 Å². The third-order valence-corrected chi connectivity index (χ3v) is 4.87. The van der Waals surface area contributed by atoms with Gasteiger partial charge in [0.25, 0.3) is 0 Å². The van der Waals surface area contributed by atoms with Crippen LogP contribution in [-0.4, -0.2) is 42.5 Å². The maximum Gasteiger partial charge on any atom is 0.223 e. The molecule has 0 spiro atoms. The zero-order chi connectivity index (χ0) is 19.1. The van der Waals surface area contributed by atoms with Crippen LogP contribution in [0.4, 0.5) is 0 Å². The van der Waals surface area contributed by atoms with Crippen LogP contribution in [0.1, 0.15) is 29.7 Å². The van der Waals surface area contributed by atoms with Crippen molar-refractivity contribution in [1.82, 2.24) is 10.2 Å². The second kappa shape index (κ2) is 9.37. The van der Waals surface area contributed by atoms with E-state index in [1.807, 2.05) is 43.3 Å². The quantitative estimate of drug-likeness (QED) is 0.813. The van der Waals surface area contributed by atoms with Crippen molar-refractivity contribution in [3.05, 3.63) is 59.5 Å². The second-order valence-electron chi connectivity index (χ2n) is 6.80. The first-order chi connectivity index (χ1) is 13.1. The molecule has 1 unspecified atom stereocenters. The van der Waals surface area contributed by atoms with Crippen LogP contribution in [0, 0.1) is 6.92 Å². The Bertz CT molecular complexity index is 757. The Morgan fingerprint density at radius 2 is 2.07 bits per heavy atom. The van der Waals surface area contributed by atoms with Gasteiger partial charge in [0.05, 0.1) is 25.5 Å². The van der Waals surface area contributed by atoms with Crippen LogP contribution in [-0.2, 0) is 27.3 Å². The van der Waals surface area contributed by atoms with Gasteiger partial charge in [0.1, 0.15) is 5.76 Å². The van der Waals surface area contributed by atoms with Gasteiger partial charge in [-0.2, -0.15) is 0 Å². The Morgan fingerprint density at radius 3 is 2.85 bits per heavy atom. The summed E-state index contributed by atoms with van der Waals surface area (Å²) < 4.78 is 10.8. The first kappa shape index (κ1) is 19.2. The minimum Gasteiger partial charge on any atom is -0.469 e. The summed E-state index contributed by atoms with van der Waals surface area (Å²) in [5.41, 5.74) is 2.24. The number of benzene rings is 1. The number of hydrogen-bond acceptors (Lipinski definition) is 4. The van der Waals surface area contributed by atoms with E-state index in [1.165, 1.54) is 0 Å². The molecule has 6 heteroatoms. The van der Waals surface area contributed by atoms with Crippen LogP contribution in [0.15, 0.2) is 47.1 Å². The Balaban J connectivity index is 1.51. The molecule has 2 amide bonds. The number of furan rings is 1. The van der Waals surface area contributed by atoms with Gasteiger partial charge in [-0.25, -0.2) is 0 Å². The fourth-order valence-corrected chi connectivity index (χ4v) is 3.27. The van der Waals surface area contributed by atoms with Gasteiger partial charge >= 0.3 is 0 Å². The maximum absolute atomic E-state index is 12.6. The Hall–Kier alpha value is -2.60. The molecular weight excluding hydrogens is 344 g/mol. The van der Waals surface area contributed by atoms with Gasteiger partial charge in [-0.3, -0.25) is 9.59 Å². The number of nitrogens with zero attached hydrogens (tertiary/aromatic N) is 1. The molecule has 6 nitrogen and oxygen atoms in total. The van der Waals surface area contributed by atoms with Gasteiger partial charge in [0.2, 0.25) is 11.8 Å². The highest BCUT2D eigenvalue weighted by molar-refractivity contribution is 5.80. The highest BCUT2D eigenvalue weighted by Crippen LogP contribution is 2.14. The van der Waals surface area contributed by atoms with Gasteiger partial charge in [0.15, 0.2) is 0 Å². The average Bonchev–Trinajstić information content (AvgIpc) is 3.19. The van der Waals surface area contributed by atoms with Crippen LogP contribution >= 0.6 is 0 Å². The highest BCUT2D eigenvalue weighted by atomic mass is 16.5. The third kappa shape index (κ3) is 5.44. The largest absolute Gasteiger partial charge is 0.469 e. The molecule has 27 heavy (non-hydrogen) atoms. The van der Waals surface area contributed by atoms with Crippen molar-refractivity contribution < 1.29 is 18.7 Å². The lowest BCUT2D eigenvalue weighted by Gasteiger charge is -2.35. The molecule has 1 fully saturated rings. The Morgan fingerprint density at radius 1 is 1.22 bits per heavy atom. The first-order valence-corrected chi connectivity index (χ1v) is 9.34. The van der Waals surface area contributed by atoms with Crippen molar-refractivity contribution in [2.24, 2.45) is 0 Å². The van der Waals surface area contributed by atoms with Crippen LogP contribution < -0.4 is 5.32 Å². The third-order valence-electron chi connectivity index (χ3n) is 4.87. The van der Waals surface area contributed by atoms with Gasteiger partial charge in [-0.05, 0) is 30.2 Å². The first-order valence-electron chi connectivity index (χ1n) is 9.34. The number of nitrogens with one attached hydrogen (secondary N) is 1. The summed E-state index contributed by atoms with van der Waals surface area (Å²) in [4.78, 5) is 26.8. The normalized spacial score (nSPS) is 16.9. The van der Waals surface area contributed by atoms with Crippen molar-refractivity contribution in [2.45, 2.75) is 38.8 Å². The fourth-order valence-electron chi connectivity index (χ4n) is 3.27. The molecule has 0 radical (unpaired) electrons. The Labute approximate surface area is 159 Å². The summed E-state index contributed by atoms with van der Waals surface area (Å²) in [6, 6.07) is 11.4. The van der Waals surface area contributed by atoms with Gasteiger partial charge < -0.3 is 19.4 Å². The summed E-state index contributed by atoms with van der Waals surface area (Å²) >= 11 is 0. The van der Waals surface area contributed by atoms with E-state index in [4.69, 9.17) is 9.15 Å². The van der Waals surface area contributed by atoms with Crippen molar-refractivity contribution in [2.75, 3.05) is 19.8 Å². The number of morpholine rings is 1. The van der Waals surface area contributed by atoms with Crippen LogP contribution in [0.3, 0.4) is 0 Å². The van der Waals surface area contributed by atoms with E-state index < -0.39 is 0 Å². The summed E-state index contributed by atoms with van der Waals surface area (Å²) in [5, 5.41) is 2.95. The molecule has 1 aromatic carbocycles. The van der Waals surface area contributed by atoms with Gasteiger partial charge in [0, 0.05) is 32.4 Å². The molecule has 1 atom stereocenters. The minimum atomic E-state index is -0.222. The average molecular weight is 370 g/mol. The van der Waals surface area contributed by atoms with E-state index in [1.54, 1.807) is 11.2 Å². The number of hydrogen-bond donors (Lipinski definition) is 1. The predicted molar refractivity (Wildman–Crippen MR) is 101 cm³/mol. The van der Waals surface area contributed by atoms with Crippen LogP contribution in [0.25, 0.3) is 0 Å². The lowest BCUT2D eigenvalue weighted by atomic mass is 10.1. The van der Waals surface area contributed by atoms with E-state index in [-0.39, 0.29) is 24.3 Å². The molecule has 1 N–H and O–H groups in total. The standard InChI is InChI=1S/C21H26N2O4/c1-16-5-2-3-6-17(16)14-22-20(24)13-18-15-26-12-10-23(18)21(25)9-8-19-7-4-11-27-19/h2-7,11,18H,8-10,12-15H2,1H3,(H,22,24). The Kier molecular flexibility index (Phi) is 6.65. The van der Waals surface area contributed by atoms with Crippen molar-refractivity contribution in [1.29, 1.82) is 0 Å². The topological polar surface area (TPSA) is 71.8 Å². The van der Waals surface area contributed by atoms with Crippen molar-refractivity contribution in [3.8, 4) is 0 Å². The number of carbonyl (C=O) groups excluding carboxylic acids is 2. The SMILES string of the molecule is Cc1ccccc1CNC(=O)CC1COCCN1C(=O)CCc1ccco1. The summed E-state index contributed by atoms with van der Waals surface area (Å²) in [6.45, 7) is 3.94. The van der Waals surface area contributed by atoms with Crippen molar-refractivity contribution >= 4 is 11.8 Å². The summed E-state index contributed by atoms with van der Waals surface area (Å²) in [7, 11) is 0. The molecule has 2 heterocycles. The molecular formula is C21H26N2O4. The molecule has 0 bridgehead atoms. The zero-order valence-corrected chi connectivity index (χ0v) is 15.6. The molecule has 0 saturated carbocycles. The molecule has 0 aliphatic carbocycles. The minimum absolute atomic E-state index is 0.0337. The van der Waals surface area contributed by atoms with Gasteiger partial charge in [-0.15, -0.1) is 0 Å². The van der Waals surface area contributed by atoms with E-state index in [9.17, 15) is 9.59 Å². The fraction of sp³-hybridized carbons (Fsp3) is 0.429. The molecule has 1 aliphatic rings. The number of carbonyl (C=O) groups is 2. The maximum atomic E-state index is 12.6. The van der Waals surface area contributed by atoms with E-state index in [0.29, 0.717) is 39.1 Å². The highest BCUT2D eigenvalue weighted by Gasteiger charge is 2.29. The molecule has 1 saturated heterocycles. The van der Waals surface area contributed by atoms with E-state index in [0.717, 1.165) is 16.9 Å². The summed E-state index contributed by atoms with van der Waals surface area (Å²) in [6.07, 6.45) is 2.79. The molecule has 1 aromatic heterocycles. The number of amides is 2. The number of ether oxygens (including phenoxy) is 1. The molecule has 144 valence electrons. The van der Waals surface area contributed by atoms with Crippen LogP contribution in [0.5, 0.6) is 0 Å². The lowest BCUT2D eigenvalue weighted by molar-refractivity contribution is -0.141. The van der Waals surface area contributed by atoms with Crippen molar-refractivity contribution in [3.63, 3.8) is 0 Å². The monoisotopic (exact) mass is 370 g/mol. The van der Waals surface area contributed by atoms with E-state index in [2.05, 4.69) is 5.32 Å². The molecule has 3 rings (SSSR count). The lowest BCUT2D eigenvalue weighted by Crippen LogP contribution is -2.50. The zero-order valence-electron chi connectivity index (χ0n) is 15.6. The number of aryl methyl sites for hydroxylation is 2.